The van der Waals surface area contributed by atoms with Gasteiger partial charge in [0.25, 0.3) is 5.91 Å². The first-order valence-electron chi connectivity index (χ1n) is 7.04. The predicted octanol–water partition coefficient (Wildman–Crippen LogP) is 1.90. The molecule has 1 amide bonds. The second-order valence-electron chi connectivity index (χ2n) is 5.52. The van der Waals surface area contributed by atoms with Gasteiger partial charge >= 0.3 is 5.97 Å². The number of carboxylic acids is 1. The van der Waals surface area contributed by atoms with Gasteiger partial charge in [0.05, 0.1) is 19.1 Å². The summed E-state index contributed by atoms with van der Waals surface area (Å²) in [4.78, 5) is 25.1. The zero-order valence-electron chi connectivity index (χ0n) is 11.5. The van der Waals surface area contributed by atoms with E-state index in [4.69, 9.17) is 9.84 Å². The van der Waals surface area contributed by atoms with Crippen molar-refractivity contribution in [3.63, 3.8) is 0 Å². The van der Waals surface area contributed by atoms with Crippen molar-refractivity contribution in [1.29, 1.82) is 0 Å². The number of halogens is 1. The molecule has 7 heteroatoms. The first-order chi connectivity index (χ1) is 10.0. The lowest BCUT2D eigenvalue weighted by Crippen LogP contribution is -2.46. The molecule has 3 rings (SSSR count). The van der Waals surface area contributed by atoms with E-state index in [0.29, 0.717) is 31.4 Å². The number of hydrogen-bond donors (Lipinski definition) is 1. The first kappa shape index (κ1) is 14.6. The number of morpholine rings is 1. The van der Waals surface area contributed by atoms with E-state index < -0.39 is 12.1 Å². The summed E-state index contributed by atoms with van der Waals surface area (Å²) >= 11 is 3.42. The van der Waals surface area contributed by atoms with Crippen LogP contribution >= 0.6 is 15.9 Å². The average molecular weight is 357 g/mol. The molecule has 2 aliphatic rings. The molecule has 21 heavy (non-hydrogen) atoms. The molecule has 1 saturated carbocycles. The largest absolute Gasteiger partial charge is 0.481 e. The molecule has 2 fully saturated rings. The van der Waals surface area contributed by atoms with Gasteiger partial charge in [0, 0.05) is 29.8 Å². The molecule has 1 aromatic rings. The summed E-state index contributed by atoms with van der Waals surface area (Å²) in [6.07, 6.45) is 3.66. The van der Waals surface area contributed by atoms with Crippen LogP contribution in [0.15, 0.2) is 16.7 Å². The molecular weight excluding hydrogens is 340 g/mol. The number of hydrogen-bond acceptors (Lipinski definition) is 3. The van der Waals surface area contributed by atoms with E-state index >= 15 is 0 Å². The van der Waals surface area contributed by atoms with Crippen LogP contribution in [0.1, 0.15) is 35.8 Å². The molecule has 2 heterocycles. The minimum absolute atomic E-state index is 0.0497. The minimum Gasteiger partial charge on any atom is -0.481 e. The number of carbonyl (C=O) groups excluding carboxylic acids is 1. The topological polar surface area (TPSA) is 71.8 Å². The summed E-state index contributed by atoms with van der Waals surface area (Å²) in [5.41, 5.74) is 0.667. The van der Waals surface area contributed by atoms with Crippen LogP contribution in [0, 0.1) is 0 Å². The van der Waals surface area contributed by atoms with E-state index in [9.17, 15) is 9.59 Å². The van der Waals surface area contributed by atoms with E-state index in [0.717, 1.165) is 17.3 Å². The van der Waals surface area contributed by atoms with Gasteiger partial charge in [-0.05, 0) is 34.8 Å². The van der Waals surface area contributed by atoms with Crippen molar-refractivity contribution < 1.29 is 19.4 Å². The number of aromatic nitrogens is 1. The number of rotatable bonds is 4. The first-order valence-corrected chi connectivity index (χ1v) is 7.84. The van der Waals surface area contributed by atoms with Gasteiger partial charge in [-0.3, -0.25) is 9.59 Å². The molecular formula is C14H17BrN2O4. The molecule has 1 aromatic heterocycles. The van der Waals surface area contributed by atoms with E-state index in [1.165, 1.54) is 0 Å². The van der Waals surface area contributed by atoms with Crippen molar-refractivity contribution in [1.82, 2.24) is 9.47 Å². The third-order valence-corrected chi connectivity index (χ3v) is 4.24. The molecule has 1 saturated heterocycles. The molecule has 0 bridgehead atoms. The van der Waals surface area contributed by atoms with Gasteiger partial charge in [0.2, 0.25) is 0 Å². The molecule has 0 spiro atoms. The van der Waals surface area contributed by atoms with Crippen molar-refractivity contribution >= 4 is 27.8 Å². The number of ether oxygens (including phenoxy) is 1. The SMILES string of the molecule is O=C(O)CC1CN(C(=O)c2cc(Br)cn2C2CC2)CCO1. The van der Waals surface area contributed by atoms with Gasteiger partial charge in [0.1, 0.15) is 5.69 Å². The number of carboxylic acid groups (broad SMARTS) is 1. The molecule has 0 radical (unpaired) electrons. The van der Waals surface area contributed by atoms with Crippen molar-refractivity contribution in [3.8, 4) is 0 Å². The van der Waals surface area contributed by atoms with Gasteiger partial charge in [-0.2, -0.15) is 0 Å². The summed E-state index contributed by atoms with van der Waals surface area (Å²) in [5.74, 6) is -0.954. The Kier molecular flexibility index (Phi) is 4.03. The minimum atomic E-state index is -0.904. The van der Waals surface area contributed by atoms with Crippen LogP contribution in [-0.4, -0.2) is 52.3 Å². The number of amides is 1. The lowest BCUT2D eigenvalue weighted by atomic mass is 10.2. The Bertz CT molecular complexity index is 567. The van der Waals surface area contributed by atoms with E-state index in [-0.39, 0.29) is 12.3 Å². The molecule has 114 valence electrons. The second-order valence-corrected chi connectivity index (χ2v) is 6.44. The van der Waals surface area contributed by atoms with Crippen LogP contribution in [0.3, 0.4) is 0 Å². The fraction of sp³-hybridized carbons (Fsp3) is 0.571. The van der Waals surface area contributed by atoms with Crippen LogP contribution in [-0.2, 0) is 9.53 Å². The zero-order chi connectivity index (χ0) is 15.0. The lowest BCUT2D eigenvalue weighted by molar-refractivity contribution is -0.141. The maximum atomic E-state index is 12.7. The van der Waals surface area contributed by atoms with E-state index in [2.05, 4.69) is 15.9 Å². The zero-order valence-corrected chi connectivity index (χ0v) is 13.1. The Morgan fingerprint density at radius 3 is 2.86 bits per heavy atom. The molecule has 1 aliphatic heterocycles. The Morgan fingerprint density at radius 2 is 2.19 bits per heavy atom. The third kappa shape index (κ3) is 3.29. The smallest absolute Gasteiger partial charge is 0.306 e. The monoisotopic (exact) mass is 356 g/mol. The van der Waals surface area contributed by atoms with Gasteiger partial charge in [-0.25, -0.2) is 0 Å². The standard InChI is InChI=1S/C14H17BrN2O4/c15-9-5-12(17(7-9)10-1-2-10)14(20)16-3-4-21-11(8-16)6-13(18)19/h5,7,10-11H,1-4,6,8H2,(H,18,19). The number of nitrogens with zero attached hydrogens (tertiary/aromatic N) is 2. The van der Waals surface area contributed by atoms with Gasteiger partial charge in [0.15, 0.2) is 0 Å². The maximum Gasteiger partial charge on any atom is 0.306 e. The number of aliphatic carboxylic acids is 1. The maximum absolute atomic E-state index is 12.7. The highest BCUT2D eigenvalue weighted by Gasteiger charge is 2.32. The Morgan fingerprint density at radius 1 is 1.43 bits per heavy atom. The van der Waals surface area contributed by atoms with Crippen molar-refractivity contribution in [2.24, 2.45) is 0 Å². The fourth-order valence-electron chi connectivity index (χ4n) is 2.66. The fourth-order valence-corrected chi connectivity index (χ4v) is 3.09. The average Bonchev–Trinajstić information content (AvgIpc) is 3.20. The predicted molar refractivity (Wildman–Crippen MR) is 78.3 cm³/mol. The van der Waals surface area contributed by atoms with E-state index in [1.54, 1.807) is 4.90 Å². The second kappa shape index (κ2) is 5.81. The van der Waals surface area contributed by atoms with Crippen molar-refractivity contribution in [2.75, 3.05) is 19.7 Å². The highest BCUT2D eigenvalue weighted by Crippen LogP contribution is 2.37. The summed E-state index contributed by atoms with van der Waals surface area (Å²) in [6, 6.07) is 2.26. The molecule has 0 aromatic carbocycles. The molecule has 6 nitrogen and oxygen atoms in total. The van der Waals surface area contributed by atoms with Crippen LogP contribution in [0.4, 0.5) is 0 Å². The van der Waals surface area contributed by atoms with Crippen molar-refractivity contribution in [2.45, 2.75) is 31.4 Å². The normalized spacial score (nSPS) is 22.3. The molecule has 1 unspecified atom stereocenters. The van der Waals surface area contributed by atoms with Crippen molar-refractivity contribution in [3.05, 3.63) is 22.4 Å². The van der Waals surface area contributed by atoms with Crippen LogP contribution in [0.2, 0.25) is 0 Å². The summed E-state index contributed by atoms with van der Waals surface area (Å²) in [7, 11) is 0. The van der Waals surface area contributed by atoms with Gasteiger partial charge in [-0.15, -0.1) is 0 Å². The quantitative estimate of drug-likeness (QED) is 0.894. The Balaban J connectivity index is 1.74. The van der Waals surface area contributed by atoms with Crippen LogP contribution < -0.4 is 0 Å². The summed E-state index contributed by atoms with van der Waals surface area (Å²) in [5, 5.41) is 8.84. The highest BCUT2D eigenvalue weighted by molar-refractivity contribution is 9.10. The van der Waals surface area contributed by atoms with E-state index in [1.807, 2.05) is 16.8 Å². The van der Waals surface area contributed by atoms with Crippen LogP contribution in [0.25, 0.3) is 0 Å². The van der Waals surface area contributed by atoms with Gasteiger partial charge in [-0.1, -0.05) is 0 Å². The summed E-state index contributed by atoms with van der Waals surface area (Å²) in [6.45, 7) is 1.22. The Labute approximate surface area is 130 Å². The lowest BCUT2D eigenvalue weighted by Gasteiger charge is -2.32. The Hall–Kier alpha value is -1.34. The molecule has 1 N–H and O–H groups in total. The molecule has 1 atom stereocenters. The molecule has 1 aliphatic carbocycles. The third-order valence-electron chi connectivity index (χ3n) is 3.80. The van der Waals surface area contributed by atoms with Crippen LogP contribution in [0.5, 0.6) is 0 Å². The highest BCUT2D eigenvalue weighted by atomic mass is 79.9. The van der Waals surface area contributed by atoms with Gasteiger partial charge < -0.3 is 19.3 Å². The summed E-state index contributed by atoms with van der Waals surface area (Å²) < 4.78 is 8.33. The number of carbonyl (C=O) groups is 2.